The molecular weight excluding hydrogens is 248 g/mol. The van der Waals surface area contributed by atoms with Crippen molar-refractivity contribution in [2.24, 2.45) is 0 Å². The SMILES string of the molecule is Cc1cccn2c(=O)cc(COC(C)C(=O)O)nc12. The normalized spacial score (nSPS) is 12.5. The average Bonchev–Trinajstić information content (AvgIpc) is 2.37. The molecule has 0 aliphatic heterocycles. The lowest BCUT2D eigenvalue weighted by Crippen LogP contribution is -2.21. The highest BCUT2D eigenvalue weighted by molar-refractivity contribution is 5.71. The number of pyridine rings is 1. The highest BCUT2D eigenvalue weighted by Crippen LogP contribution is 2.07. The smallest absolute Gasteiger partial charge is 0.332 e. The van der Waals surface area contributed by atoms with Crippen LogP contribution in [0.3, 0.4) is 0 Å². The molecule has 19 heavy (non-hydrogen) atoms. The summed E-state index contributed by atoms with van der Waals surface area (Å²) in [7, 11) is 0. The number of aryl methyl sites for hydroxylation is 1. The van der Waals surface area contributed by atoms with Crippen LogP contribution >= 0.6 is 0 Å². The van der Waals surface area contributed by atoms with E-state index in [0.717, 1.165) is 5.56 Å². The number of carboxylic acid groups (broad SMARTS) is 1. The standard InChI is InChI=1S/C13H14N2O4/c1-8-4-3-5-15-11(16)6-10(14-12(8)15)7-19-9(2)13(17)18/h3-6,9H,7H2,1-2H3,(H,17,18). The quantitative estimate of drug-likeness (QED) is 0.888. The summed E-state index contributed by atoms with van der Waals surface area (Å²) < 4.78 is 6.57. The molecule has 0 bridgehead atoms. The van der Waals surface area contributed by atoms with Gasteiger partial charge in [-0.15, -0.1) is 0 Å². The van der Waals surface area contributed by atoms with Crippen molar-refractivity contribution in [2.45, 2.75) is 26.6 Å². The van der Waals surface area contributed by atoms with Gasteiger partial charge in [-0.05, 0) is 25.5 Å². The van der Waals surface area contributed by atoms with Crippen LogP contribution in [0.15, 0.2) is 29.2 Å². The minimum Gasteiger partial charge on any atom is -0.479 e. The van der Waals surface area contributed by atoms with Gasteiger partial charge in [0.15, 0.2) is 6.10 Å². The number of carbonyl (C=O) groups is 1. The summed E-state index contributed by atoms with van der Waals surface area (Å²) in [6.45, 7) is 3.28. The molecule has 0 saturated carbocycles. The number of hydrogen-bond acceptors (Lipinski definition) is 4. The van der Waals surface area contributed by atoms with Crippen molar-refractivity contribution in [3.63, 3.8) is 0 Å². The van der Waals surface area contributed by atoms with Gasteiger partial charge in [-0.2, -0.15) is 0 Å². The van der Waals surface area contributed by atoms with E-state index in [-0.39, 0.29) is 12.2 Å². The molecule has 2 aromatic rings. The molecule has 2 rings (SSSR count). The fraction of sp³-hybridized carbons (Fsp3) is 0.308. The number of hydrogen-bond donors (Lipinski definition) is 1. The number of rotatable bonds is 4. The molecule has 0 aliphatic carbocycles. The largest absolute Gasteiger partial charge is 0.479 e. The molecular formula is C13H14N2O4. The van der Waals surface area contributed by atoms with E-state index in [4.69, 9.17) is 9.84 Å². The number of ether oxygens (including phenoxy) is 1. The third-order valence-electron chi connectivity index (χ3n) is 2.77. The molecule has 1 N–H and O–H groups in total. The highest BCUT2D eigenvalue weighted by Gasteiger charge is 2.12. The Hall–Kier alpha value is -2.21. The first-order valence-electron chi connectivity index (χ1n) is 5.81. The van der Waals surface area contributed by atoms with Crippen molar-refractivity contribution in [2.75, 3.05) is 0 Å². The first kappa shape index (κ1) is 13.2. The van der Waals surface area contributed by atoms with Gasteiger partial charge in [0.2, 0.25) is 0 Å². The second-order valence-electron chi connectivity index (χ2n) is 4.26. The maximum atomic E-state index is 11.9. The summed E-state index contributed by atoms with van der Waals surface area (Å²) in [4.78, 5) is 26.8. The topological polar surface area (TPSA) is 80.9 Å². The Morgan fingerprint density at radius 2 is 2.32 bits per heavy atom. The summed E-state index contributed by atoms with van der Waals surface area (Å²) in [5, 5.41) is 8.72. The van der Waals surface area contributed by atoms with Gasteiger partial charge in [-0.25, -0.2) is 9.78 Å². The molecule has 2 aromatic heterocycles. The Morgan fingerprint density at radius 3 is 3.00 bits per heavy atom. The monoisotopic (exact) mass is 262 g/mol. The van der Waals surface area contributed by atoms with E-state index < -0.39 is 12.1 Å². The molecule has 0 radical (unpaired) electrons. The van der Waals surface area contributed by atoms with E-state index in [9.17, 15) is 9.59 Å². The summed E-state index contributed by atoms with van der Waals surface area (Å²) >= 11 is 0. The Kier molecular flexibility index (Phi) is 3.62. The molecule has 100 valence electrons. The van der Waals surface area contributed by atoms with Crippen LogP contribution in [0.5, 0.6) is 0 Å². The number of nitrogens with zero attached hydrogens (tertiary/aromatic N) is 2. The maximum absolute atomic E-state index is 11.9. The zero-order valence-electron chi connectivity index (χ0n) is 10.7. The summed E-state index contributed by atoms with van der Waals surface area (Å²) in [5.74, 6) is -1.05. The average molecular weight is 262 g/mol. The maximum Gasteiger partial charge on any atom is 0.332 e. The zero-order chi connectivity index (χ0) is 14.0. The van der Waals surface area contributed by atoms with Gasteiger partial charge in [-0.3, -0.25) is 9.20 Å². The van der Waals surface area contributed by atoms with Gasteiger partial charge < -0.3 is 9.84 Å². The second-order valence-corrected chi connectivity index (χ2v) is 4.26. The molecule has 6 nitrogen and oxygen atoms in total. The fourth-order valence-electron chi connectivity index (χ4n) is 1.66. The number of aliphatic carboxylic acids is 1. The Balaban J connectivity index is 2.33. The molecule has 1 unspecified atom stereocenters. The molecule has 0 aliphatic rings. The van der Waals surface area contributed by atoms with E-state index >= 15 is 0 Å². The number of carboxylic acids is 1. The van der Waals surface area contributed by atoms with E-state index in [1.54, 1.807) is 12.3 Å². The van der Waals surface area contributed by atoms with Crippen LogP contribution in [0.4, 0.5) is 0 Å². The summed E-state index contributed by atoms with van der Waals surface area (Å²) in [5.41, 5.74) is 1.63. The van der Waals surface area contributed by atoms with Crippen LogP contribution in [0.2, 0.25) is 0 Å². The van der Waals surface area contributed by atoms with Crippen LogP contribution < -0.4 is 5.56 Å². The lowest BCUT2D eigenvalue weighted by Gasteiger charge is -2.09. The predicted octanol–water partition coefficient (Wildman–Crippen LogP) is 0.993. The summed E-state index contributed by atoms with van der Waals surface area (Å²) in [6, 6.07) is 4.97. The van der Waals surface area contributed by atoms with Crippen molar-refractivity contribution in [3.8, 4) is 0 Å². The third-order valence-corrected chi connectivity index (χ3v) is 2.77. The number of aromatic nitrogens is 2. The van der Waals surface area contributed by atoms with Gasteiger partial charge in [0.25, 0.3) is 5.56 Å². The minimum atomic E-state index is -1.05. The molecule has 0 spiro atoms. The summed E-state index contributed by atoms with van der Waals surface area (Å²) in [6.07, 6.45) is 0.708. The number of fused-ring (bicyclic) bond motifs is 1. The van der Waals surface area contributed by atoms with Crippen LogP contribution in [0.25, 0.3) is 5.65 Å². The molecule has 0 amide bonds. The molecule has 0 aromatic carbocycles. The van der Waals surface area contributed by atoms with Gasteiger partial charge in [-0.1, -0.05) is 6.07 Å². The molecule has 0 saturated heterocycles. The van der Waals surface area contributed by atoms with Gasteiger partial charge in [0.1, 0.15) is 5.65 Å². The van der Waals surface area contributed by atoms with Gasteiger partial charge >= 0.3 is 5.97 Å². The van der Waals surface area contributed by atoms with Crippen LogP contribution in [0.1, 0.15) is 18.2 Å². The van der Waals surface area contributed by atoms with Crippen molar-refractivity contribution in [1.29, 1.82) is 0 Å². The van der Waals surface area contributed by atoms with Gasteiger partial charge in [0.05, 0.1) is 12.3 Å². The predicted molar refractivity (Wildman–Crippen MR) is 68.1 cm³/mol. The lowest BCUT2D eigenvalue weighted by atomic mass is 10.3. The van der Waals surface area contributed by atoms with Crippen LogP contribution in [-0.2, 0) is 16.1 Å². The first-order chi connectivity index (χ1) is 8.99. The fourth-order valence-corrected chi connectivity index (χ4v) is 1.66. The van der Waals surface area contributed by atoms with Crippen LogP contribution in [0, 0.1) is 6.92 Å². The van der Waals surface area contributed by atoms with Crippen molar-refractivity contribution in [3.05, 3.63) is 46.0 Å². The molecule has 6 heteroatoms. The Bertz CT molecular complexity index is 678. The van der Waals surface area contributed by atoms with Crippen molar-refractivity contribution < 1.29 is 14.6 Å². The van der Waals surface area contributed by atoms with E-state index in [0.29, 0.717) is 11.3 Å². The van der Waals surface area contributed by atoms with E-state index in [1.165, 1.54) is 17.4 Å². The Labute approximate surface area is 109 Å². The van der Waals surface area contributed by atoms with E-state index in [2.05, 4.69) is 4.98 Å². The van der Waals surface area contributed by atoms with Crippen molar-refractivity contribution >= 4 is 11.6 Å². The molecule has 0 fully saturated rings. The Morgan fingerprint density at radius 1 is 1.58 bits per heavy atom. The highest BCUT2D eigenvalue weighted by atomic mass is 16.5. The van der Waals surface area contributed by atoms with E-state index in [1.807, 2.05) is 13.0 Å². The van der Waals surface area contributed by atoms with Crippen molar-refractivity contribution in [1.82, 2.24) is 9.38 Å². The van der Waals surface area contributed by atoms with Crippen LogP contribution in [-0.4, -0.2) is 26.6 Å². The molecule has 2 heterocycles. The third kappa shape index (κ3) is 2.79. The van der Waals surface area contributed by atoms with Gasteiger partial charge in [0, 0.05) is 12.3 Å². The lowest BCUT2D eigenvalue weighted by molar-refractivity contribution is -0.149. The minimum absolute atomic E-state index is 0.00641. The second kappa shape index (κ2) is 5.19. The molecule has 1 atom stereocenters. The first-order valence-corrected chi connectivity index (χ1v) is 5.81. The zero-order valence-corrected chi connectivity index (χ0v) is 10.7.